The molecule has 15 heavy (non-hydrogen) atoms. The van der Waals surface area contributed by atoms with Crippen LogP contribution in [-0.4, -0.2) is 11.2 Å². The highest BCUT2D eigenvalue weighted by Gasteiger charge is 2.00. The van der Waals surface area contributed by atoms with Crippen LogP contribution in [0.3, 0.4) is 0 Å². The molecule has 0 aromatic heterocycles. The smallest absolute Gasteiger partial charge is 0.263 e. The zero-order chi connectivity index (χ0) is 11.1. The maximum absolute atomic E-state index is 10.3. The van der Waals surface area contributed by atoms with Gasteiger partial charge in [0.1, 0.15) is 5.03 Å². The van der Waals surface area contributed by atoms with Crippen molar-refractivity contribution in [2.45, 2.75) is 6.54 Å². The molecule has 0 saturated carbocycles. The molecule has 0 bridgehead atoms. The van der Waals surface area contributed by atoms with Crippen LogP contribution in [0.25, 0.3) is 0 Å². The van der Waals surface area contributed by atoms with E-state index in [0.717, 1.165) is 11.8 Å². The summed E-state index contributed by atoms with van der Waals surface area (Å²) >= 11 is 1.33. The van der Waals surface area contributed by atoms with Gasteiger partial charge in [0.25, 0.3) is 6.20 Å². The number of thioether (sulfide) groups is 1. The van der Waals surface area contributed by atoms with Crippen molar-refractivity contribution in [2.24, 2.45) is 0 Å². The van der Waals surface area contributed by atoms with Gasteiger partial charge >= 0.3 is 0 Å². The Kier molecular flexibility index (Phi) is 4.70. The lowest BCUT2D eigenvalue weighted by molar-refractivity contribution is -0.403. The van der Waals surface area contributed by atoms with E-state index in [1.54, 1.807) is 6.26 Å². The van der Waals surface area contributed by atoms with Crippen LogP contribution in [0, 0.1) is 10.1 Å². The summed E-state index contributed by atoms with van der Waals surface area (Å²) in [5.74, 6) is 0. The molecule has 0 spiro atoms. The Morgan fingerprint density at radius 2 is 2.20 bits per heavy atom. The van der Waals surface area contributed by atoms with E-state index in [1.165, 1.54) is 11.8 Å². The van der Waals surface area contributed by atoms with Gasteiger partial charge in [-0.05, 0) is 11.8 Å². The average Bonchev–Trinajstić information content (AvgIpc) is 2.25. The zero-order valence-electron chi connectivity index (χ0n) is 8.34. The fourth-order valence-electron chi connectivity index (χ4n) is 1.05. The Hall–Kier alpha value is -1.49. The number of hydrogen-bond acceptors (Lipinski definition) is 4. The monoisotopic (exact) mass is 224 g/mol. The van der Waals surface area contributed by atoms with E-state index in [4.69, 9.17) is 0 Å². The third-order valence-electron chi connectivity index (χ3n) is 1.75. The van der Waals surface area contributed by atoms with Gasteiger partial charge in [0.15, 0.2) is 0 Å². The molecule has 1 N–H and O–H groups in total. The summed E-state index contributed by atoms with van der Waals surface area (Å²) in [6.45, 7) is 0.599. The van der Waals surface area contributed by atoms with E-state index < -0.39 is 4.92 Å². The van der Waals surface area contributed by atoms with E-state index in [0.29, 0.717) is 11.6 Å². The molecule has 0 radical (unpaired) electrons. The molecule has 0 fully saturated rings. The first-order valence-corrected chi connectivity index (χ1v) is 5.62. The second-order valence-electron chi connectivity index (χ2n) is 2.82. The number of nitrogens with zero attached hydrogens (tertiary/aromatic N) is 1. The molecule has 0 unspecified atom stereocenters. The lowest BCUT2D eigenvalue weighted by Crippen LogP contribution is -2.11. The van der Waals surface area contributed by atoms with Gasteiger partial charge in [-0.3, -0.25) is 10.1 Å². The van der Waals surface area contributed by atoms with E-state index in [9.17, 15) is 10.1 Å². The van der Waals surface area contributed by atoms with Crippen molar-refractivity contribution in [2.75, 3.05) is 6.26 Å². The van der Waals surface area contributed by atoms with Crippen molar-refractivity contribution in [3.63, 3.8) is 0 Å². The van der Waals surface area contributed by atoms with Crippen molar-refractivity contribution in [1.82, 2.24) is 5.32 Å². The number of nitro groups is 1. The Labute approximate surface area is 92.5 Å². The van der Waals surface area contributed by atoms with Crippen LogP contribution in [0.5, 0.6) is 0 Å². The van der Waals surface area contributed by atoms with Gasteiger partial charge in [-0.2, -0.15) is 0 Å². The molecule has 80 valence electrons. The zero-order valence-corrected chi connectivity index (χ0v) is 9.16. The molecule has 4 nitrogen and oxygen atoms in total. The molecule has 0 heterocycles. The molecule has 0 aliphatic carbocycles. The lowest BCUT2D eigenvalue weighted by Gasteiger charge is -2.05. The summed E-state index contributed by atoms with van der Waals surface area (Å²) in [6, 6.07) is 9.75. The third kappa shape index (κ3) is 4.51. The topological polar surface area (TPSA) is 55.2 Å². The molecule has 1 rings (SSSR count). The molecule has 0 atom stereocenters. The first-order valence-electron chi connectivity index (χ1n) is 4.39. The van der Waals surface area contributed by atoms with E-state index in [2.05, 4.69) is 5.32 Å². The minimum Gasteiger partial charge on any atom is -0.371 e. The minimum absolute atomic E-state index is 0.455. The summed E-state index contributed by atoms with van der Waals surface area (Å²) < 4.78 is 0. The Morgan fingerprint density at radius 3 is 2.73 bits per heavy atom. The standard InChI is InChI=1S/C10H12N2O2S/c1-15-10(8-12(13)14)11-7-9-5-3-2-4-6-9/h2-6,8,11H,7H2,1H3. The average molecular weight is 224 g/mol. The summed E-state index contributed by atoms with van der Waals surface area (Å²) in [5, 5.41) is 13.8. The van der Waals surface area contributed by atoms with Gasteiger partial charge < -0.3 is 5.32 Å². The SMILES string of the molecule is CSC(=C[N+](=O)[O-])NCc1ccccc1. The van der Waals surface area contributed by atoms with Gasteiger partial charge in [-0.15, -0.1) is 11.8 Å². The van der Waals surface area contributed by atoms with Gasteiger partial charge in [-0.1, -0.05) is 30.3 Å². The molecule has 0 saturated heterocycles. The maximum atomic E-state index is 10.3. The molecule has 0 aliphatic rings. The number of benzene rings is 1. The number of rotatable bonds is 5. The van der Waals surface area contributed by atoms with Gasteiger partial charge in [0, 0.05) is 6.54 Å². The fraction of sp³-hybridized carbons (Fsp3) is 0.200. The normalized spacial score (nSPS) is 11.1. The summed E-state index contributed by atoms with van der Waals surface area (Å²) in [6.07, 6.45) is 2.78. The Morgan fingerprint density at radius 1 is 1.53 bits per heavy atom. The second kappa shape index (κ2) is 6.08. The van der Waals surface area contributed by atoms with Crippen LogP contribution in [-0.2, 0) is 6.54 Å². The highest BCUT2D eigenvalue weighted by Crippen LogP contribution is 2.08. The van der Waals surface area contributed by atoms with Crippen LogP contribution in [0.4, 0.5) is 0 Å². The minimum atomic E-state index is -0.455. The predicted molar refractivity (Wildman–Crippen MR) is 61.9 cm³/mol. The summed E-state index contributed by atoms with van der Waals surface area (Å²) in [7, 11) is 0. The van der Waals surface area contributed by atoms with Crippen molar-refractivity contribution in [1.29, 1.82) is 0 Å². The highest BCUT2D eigenvalue weighted by molar-refractivity contribution is 8.02. The van der Waals surface area contributed by atoms with Gasteiger partial charge in [0.2, 0.25) is 0 Å². The predicted octanol–water partition coefficient (Wildman–Crippen LogP) is 2.21. The van der Waals surface area contributed by atoms with Crippen LogP contribution < -0.4 is 5.32 Å². The largest absolute Gasteiger partial charge is 0.371 e. The quantitative estimate of drug-likeness (QED) is 0.615. The lowest BCUT2D eigenvalue weighted by atomic mass is 10.2. The molecular formula is C10H12N2O2S. The molecule has 0 amide bonds. The molecule has 0 aliphatic heterocycles. The molecule has 5 heteroatoms. The van der Waals surface area contributed by atoms with Crippen LogP contribution >= 0.6 is 11.8 Å². The van der Waals surface area contributed by atoms with Gasteiger partial charge in [-0.25, -0.2) is 0 Å². The van der Waals surface area contributed by atoms with Crippen molar-refractivity contribution in [3.8, 4) is 0 Å². The van der Waals surface area contributed by atoms with Gasteiger partial charge in [0.05, 0.1) is 4.92 Å². The molecule has 1 aromatic carbocycles. The van der Waals surface area contributed by atoms with E-state index in [1.807, 2.05) is 30.3 Å². The maximum Gasteiger partial charge on any atom is 0.263 e. The Bertz CT molecular complexity index is 352. The second-order valence-corrected chi connectivity index (χ2v) is 3.67. The third-order valence-corrected chi connectivity index (χ3v) is 2.44. The molecular weight excluding hydrogens is 212 g/mol. The highest BCUT2D eigenvalue weighted by atomic mass is 32.2. The van der Waals surface area contributed by atoms with E-state index >= 15 is 0 Å². The summed E-state index contributed by atoms with van der Waals surface area (Å²) in [5.41, 5.74) is 1.10. The van der Waals surface area contributed by atoms with E-state index in [-0.39, 0.29) is 0 Å². The van der Waals surface area contributed by atoms with Crippen molar-refractivity contribution in [3.05, 3.63) is 57.2 Å². The van der Waals surface area contributed by atoms with Crippen LogP contribution in [0.2, 0.25) is 0 Å². The van der Waals surface area contributed by atoms with Crippen molar-refractivity contribution < 1.29 is 4.92 Å². The number of hydrogen-bond donors (Lipinski definition) is 1. The van der Waals surface area contributed by atoms with Crippen molar-refractivity contribution >= 4 is 11.8 Å². The number of nitrogens with one attached hydrogen (secondary N) is 1. The Balaban J connectivity index is 2.52. The first kappa shape index (κ1) is 11.6. The fourth-order valence-corrected chi connectivity index (χ4v) is 1.46. The summed E-state index contributed by atoms with van der Waals surface area (Å²) in [4.78, 5) is 9.80. The van der Waals surface area contributed by atoms with Crippen LogP contribution in [0.15, 0.2) is 41.6 Å². The first-order chi connectivity index (χ1) is 7.22. The molecule has 1 aromatic rings. The van der Waals surface area contributed by atoms with Crippen LogP contribution in [0.1, 0.15) is 5.56 Å².